The second-order valence-electron chi connectivity index (χ2n) is 6.95. The van der Waals surface area contributed by atoms with E-state index in [0.717, 1.165) is 5.69 Å². The third-order valence-electron chi connectivity index (χ3n) is 5.03. The fourth-order valence-corrected chi connectivity index (χ4v) is 3.75. The van der Waals surface area contributed by atoms with Crippen molar-refractivity contribution >= 4 is 34.7 Å². The number of carbonyl (C=O) groups excluding carboxylic acids is 1. The molecule has 2 aromatic heterocycles. The van der Waals surface area contributed by atoms with Crippen LogP contribution < -0.4 is 10.2 Å². The number of benzene rings is 2. The number of carbonyl (C=O) groups is 1. The van der Waals surface area contributed by atoms with Crippen LogP contribution in [-0.4, -0.2) is 38.3 Å². The molecule has 0 spiro atoms. The van der Waals surface area contributed by atoms with E-state index in [-0.39, 0.29) is 5.91 Å². The van der Waals surface area contributed by atoms with Gasteiger partial charge in [-0.25, -0.2) is 4.39 Å². The van der Waals surface area contributed by atoms with Gasteiger partial charge in [0.2, 0.25) is 5.91 Å². The Hall–Kier alpha value is -3.52. The van der Waals surface area contributed by atoms with E-state index in [0.29, 0.717) is 40.8 Å². The quantitative estimate of drug-likeness (QED) is 0.541. The Balaban J connectivity index is 1.42. The number of halogens is 2. The van der Waals surface area contributed by atoms with Crippen molar-refractivity contribution in [1.29, 1.82) is 0 Å². The summed E-state index contributed by atoms with van der Waals surface area (Å²) in [5.74, 6) is 0.309. The second kappa shape index (κ2) is 7.38. The van der Waals surface area contributed by atoms with Crippen molar-refractivity contribution < 1.29 is 9.18 Å². The zero-order chi connectivity index (χ0) is 20.7. The predicted molar refractivity (Wildman–Crippen MR) is 112 cm³/mol. The largest absolute Gasteiger partial charge is 0.357 e. The maximum absolute atomic E-state index is 14.2. The average Bonchev–Trinajstić information content (AvgIpc) is 3.32. The van der Waals surface area contributed by atoms with Crippen LogP contribution in [0.5, 0.6) is 0 Å². The molecule has 1 atom stereocenters. The highest BCUT2D eigenvalue weighted by Gasteiger charge is 2.33. The summed E-state index contributed by atoms with van der Waals surface area (Å²) in [5.41, 5.74) is 1.55. The van der Waals surface area contributed by atoms with Gasteiger partial charge < -0.3 is 10.2 Å². The first-order valence-electron chi connectivity index (χ1n) is 9.41. The Labute approximate surface area is 176 Å². The van der Waals surface area contributed by atoms with E-state index in [1.54, 1.807) is 47.4 Å². The van der Waals surface area contributed by atoms with Gasteiger partial charge in [0.15, 0.2) is 11.5 Å². The molecule has 5 rings (SSSR count). The summed E-state index contributed by atoms with van der Waals surface area (Å²) in [6.07, 6.45) is 0.618. The number of aromatic nitrogens is 4. The van der Waals surface area contributed by atoms with Gasteiger partial charge in [-0.3, -0.25) is 4.79 Å². The van der Waals surface area contributed by atoms with Crippen LogP contribution in [0.4, 0.5) is 15.9 Å². The Morgan fingerprint density at radius 3 is 2.77 bits per heavy atom. The lowest BCUT2D eigenvalue weighted by Gasteiger charge is -2.17. The van der Waals surface area contributed by atoms with Gasteiger partial charge in [0.25, 0.3) is 0 Å². The van der Waals surface area contributed by atoms with Crippen LogP contribution in [0.2, 0.25) is 5.02 Å². The first kappa shape index (κ1) is 18.5. The highest BCUT2D eigenvalue weighted by atomic mass is 35.5. The topological polar surface area (TPSA) is 75.4 Å². The predicted octanol–water partition coefficient (Wildman–Crippen LogP) is 3.80. The fourth-order valence-electron chi connectivity index (χ4n) is 3.57. The minimum Gasteiger partial charge on any atom is -0.357 e. The van der Waals surface area contributed by atoms with Crippen LogP contribution in [0, 0.1) is 5.82 Å². The molecule has 7 nitrogen and oxygen atoms in total. The maximum Gasteiger partial charge on any atom is 0.249 e. The van der Waals surface area contributed by atoms with E-state index in [1.165, 1.54) is 10.6 Å². The molecule has 1 amide bonds. The second-order valence-corrected chi connectivity index (χ2v) is 7.38. The number of nitrogens with one attached hydrogen (secondary N) is 1. The molecule has 2 aromatic carbocycles. The molecule has 1 fully saturated rings. The Morgan fingerprint density at radius 2 is 1.93 bits per heavy atom. The van der Waals surface area contributed by atoms with Crippen molar-refractivity contribution in [2.24, 2.45) is 0 Å². The van der Waals surface area contributed by atoms with E-state index in [4.69, 9.17) is 11.6 Å². The van der Waals surface area contributed by atoms with Crippen LogP contribution in [0.15, 0.2) is 60.7 Å². The molecule has 30 heavy (non-hydrogen) atoms. The molecule has 1 N–H and O–H groups in total. The molecule has 150 valence electrons. The summed E-state index contributed by atoms with van der Waals surface area (Å²) in [7, 11) is 0. The molecule has 0 saturated carbocycles. The lowest BCUT2D eigenvalue weighted by Crippen LogP contribution is -2.33. The molecule has 9 heteroatoms. The molecule has 3 heterocycles. The van der Waals surface area contributed by atoms with Gasteiger partial charge in [-0.15, -0.1) is 15.3 Å². The lowest BCUT2D eigenvalue weighted by molar-refractivity contribution is -0.117. The third kappa shape index (κ3) is 3.25. The molecule has 0 bridgehead atoms. The third-order valence-corrected chi connectivity index (χ3v) is 5.26. The number of fused-ring (bicyclic) bond motifs is 1. The normalized spacial score (nSPS) is 16.4. The van der Waals surface area contributed by atoms with E-state index in [2.05, 4.69) is 20.6 Å². The first-order valence-corrected chi connectivity index (χ1v) is 9.79. The first-order chi connectivity index (χ1) is 14.6. The van der Waals surface area contributed by atoms with E-state index < -0.39 is 11.9 Å². The average molecular weight is 423 g/mol. The molecule has 1 unspecified atom stereocenters. The van der Waals surface area contributed by atoms with Crippen molar-refractivity contribution in [2.75, 3.05) is 16.8 Å². The molecule has 4 aromatic rings. The van der Waals surface area contributed by atoms with Crippen molar-refractivity contribution in [3.8, 4) is 11.4 Å². The van der Waals surface area contributed by atoms with Gasteiger partial charge in [0, 0.05) is 17.3 Å². The van der Waals surface area contributed by atoms with Crippen molar-refractivity contribution in [2.45, 2.75) is 12.5 Å². The zero-order valence-electron chi connectivity index (χ0n) is 15.7. The van der Waals surface area contributed by atoms with E-state index in [9.17, 15) is 9.18 Å². The highest BCUT2D eigenvalue weighted by molar-refractivity contribution is 6.31. The number of hydrogen-bond acceptors (Lipinski definition) is 5. The van der Waals surface area contributed by atoms with Crippen LogP contribution in [0.25, 0.3) is 17.0 Å². The molecule has 1 saturated heterocycles. The number of anilines is 2. The number of hydrogen-bond donors (Lipinski definition) is 1. The summed E-state index contributed by atoms with van der Waals surface area (Å²) >= 11 is 6.05. The lowest BCUT2D eigenvalue weighted by atomic mass is 10.2. The molecular weight excluding hydrogens is 407 g/mol. The Bertz CT molecular complexity index is 1260. The monoisotopic (exact) mass is 422 g/mol. The van der Waals surface area contributed by atoms with E-state index in [1.807, 2.05) is 12.1 Å². The minimum absolute atomic E-state index is 0.0581. The van der Waals surface area contributed by atoms with Crippen molar-refractivity contribution in [3.63, 3.8) is 0 Å². The molecule has 1 aliphatic rings. The Morgan fingerprint density at radius 1 is 1.07 bits per heavy atom. The number of amides is 1. The minimum atomic E-state index is -0.428. The summed E-state index contributed by atoms with van der Waals surface area (Å²) < 4.78 is 15.7. The van der Waals surface area contributed by atoms with Gasteiger partial charge in [-0.1, -0.05) is 29.8 Å². The zero-order valence-corrected chi connectivity index (χ0v) is 16.4. The summed E-state index contributed by atoms with van der Waals surface area (Å²) in [6.45, 7) is 0.576. The Kier molecular flexibility index (Phi) is 4.55. The molecule has 1 aliphatic heterocycles. The van der Waals surface area contributed by atoms with Crippen LogP contribution >= 0.6 is 11.6 Å². The molecule has 0 radical (unpaired) electrons. The van der Waals surface area contributed by atoms with Gasteiger partial charge in [0.05, 0.1) is 5.56 Å². The van der Waals surface area contributed by atoms with Crippen LogP contribution in [0.3, 0.4) is 0 Å². The molecular formula is C21H16ClFN6O. The van der Waals surface area contributed by atoms with Crippen LogP contribution in [0.1, 0.15) is 6.42 Å². The summed E-state index contributed by atoms with van der Waals surface area (Å²) in [4.78, 5) is 14.6. The highest BCUT2D eigenvalue weighted by Crippen LogP contribution is 2.26. The van der Waals surface area contributed by atoms with Gasteiger partial charge in [0.1, 0.15) is 17.7 Å². The molecule has 0 aliphatic carbocycles. The SMILES string of the molecule is O=C1C(Nc2ccc3nnc(-c4ccccc4F)n3n2)CCN1c1cccc(Cl)c1. The van der Waals surface area contributed by atoms with Gasteiger partial charge in [-0.2, -0.15) is 4.52 Å². The van der Waals surface area contributed by atoms with Gasteiger partial charge >= 0.3 is 0 Å². The number of rotatable bonds is 4. The van der Waals surface area contributed by atoms with Crippen LogP contribution in [-0.2, 0) is 4.79 Å². The van der Waals surface area contributed by atoms with Crippen molar-refractivity contribution in [1.82, 2.24) is 19.8 Å². The smallest absolute Gasteiger partial charge is 0.249 e. The number of nitrogens with zero attached hydrogens (tertiary/aromatic N) is 5. The fraction of sp³-hybridized carbons (Fsp3) is 0.143. The maximum atomic E-state index is 14.2. The standard InChI is InChI=1S/C21H16ClFN6O/c22-13-4-3-5-14(12-13)28-11-10-17(21(28)30)24-18-8-9-19-25-26-20(29(19)27-18)15-6-1-2-7-16(15)23/h1-9,12,17H,10-11H2,(H,24,27). The van der Waals surface area contributed by atoms with Crippen molar-refractivity contribution in [3.05, 3.63) is 71.5 Å². The summed E-state index contributed by atoms with van der Waals surface area (Å²) in [6, 6.07) is 16.6. The van der Waals surface area contributed by atoms with Gasteiger partial charge in [-0.05, 0) is 48.9 Å². The summed E-state index contributed by atoms with van der Waals surface area (Å²) in [5, 5.41) is 16.4. The van der Waals surface area contributed by atoms with E-state index >= 15 is 0 Å².